The molecule has 216 valence electrons. The van der Waals surface area contributed by atoms with Crippen molar-refractivity contribution in [1.82, 2.24) is 14.7 Å². The van der Waals surface area contributed by atoms with Crippen LogP contribution >= 0.6 is 11.9 Å². The zero-order chi connectivity index (χ0) is 28.7. The van der Waals surface area contributed by atoms with E-state index in [2.05, 4.69) is 61.5 Å². The molecule has 2 fully saturated rings. The number of fused-ring (bicyclic) bond motifs is 6. The first-order valence-electron chi connectivity index (χ1n) is 14.7. The molecule has 3 atom stereocenters. The van der Waals surface area contributed by atoms with Crippen LogP contribution in [-0.2, 0) is 4.79 Å². The highest BCUT2D eigenvalue weighted by Gasteiger charge is 2.42. The van der Waals surface area contributed by atoms with E-state index in [1.807, 2.05) is 35.2 Å². The molecule has 2 N–H and O–H groups in total. The van der Waals surface area contributed by atoms with E-state index in [1.165, 1.54) is 11.9 Å². The molecular weight excluding hydrogens is 520 g/mol. The van der Waals surface area contributed by atoms with E-state index in [4.69, 9.17) is 4.98 Å². The molecular formula is C31H44N6O2S. The molecule has 5 heterocycles. The summed E-state index contributed by atoms with van der Waals surface area (Å²) in [6.07, 6.45) is 5.04. The van der Waals surface area contributed by atoms with Gasteiger partial charge in [-0.05, 0) is 87.5 Å². The van der Waals surface area contributed by atoms with Gasteiger partial charge in [-0.2, -0.15) is 0 Å². The Balaban J connectivity index is 1.47. The van der Waals surface area contributed by atoms with Crippen LogP contribution in [0.2, 0.25) is 0 Å². The minimum Gasteiger partial charge on any atom is -0.370 e. The molecule has 5 rings (SSSR count). The number of carbonyl (C=O) groups is 2. The summed E-state index contributed by atoms with van der Waals surface area (Å²) >= 11 is 1.21. The van der Waals surface area contributed by atoms with E-state index < -0.39 is 0 Å². The lowest BCUT2D eigenvalue weighted by Crippen LogP contribution is -2.40. The highest BCUT2D eigenvalue weighted by molar-refractivity contribution is 7.97. The zero-order valence-corrected chi connectivity index (χ0v) is 25.6. The number of amides is 2. The maximum Gasteiger partial charge on any atom is 0.265 e. The Morgan fingerprint density at radius 1 is 1.10 bits per heavy atom. The number of hydrogen-bond donors (Lipinski definition) is 2. The minimum atomic E-state index is -0.211. The molecule has 3 aliphatic heterocycles. The molecule has 40 heavy (non-hydrogen) atoms. The summed E-state index contributed by atoms with van der Waals surface area (Å²) in [7, 11) is 0. The van der Waals surface area contributed by atoms with Crippen molar-refractivity contribution in [1.29, 1.82) is 0 Å². The molecule has 4 bridgehead atoms. The number of anilines is 3. The van der Waals surface area contributed by atoms with Crippen molar-refractivity contribution in [3.8, 4) is 0 Å². The minimum absolute atomic E-state index is 0.00260. The normalized spacial score (nSPS) is 25.1. The molecule has 0 saturated carbocycles. The summed E-state index contributed by atoms with van der Waals surface area (Å²) in [5.41, 5.74) is 0.556. The predicted molar refractivity (Wildman–Crippen MR) is 163 cm³/mol. The number of aromatic nitrogens is 2. The van der Waals surface area contributed by atoms with Crippen LogP contribution in [0.15, 0.2) is 35.4 Å². The number of carbonyl (C=O) groups excluding carboxylic acids is 2. The number of nitrogens with zero attached hydrogens (tertiary/aromatic N) is 4. The molecule has 3 aliphatic rings. The van der Waals surface area contributed by atoms with Crippen molar-refractivity contribution in [3.05, 3.63) is 35.9 Å². The van der Waals surface area contributed by atoms with Gasteiger partial charge in [0.15, 0.2) is 0 Å². The summed E-state index contributed by atoms with van der Waals surface area (Å²) < 4.78 is 2.99. The highest BCUT2D eigenvalue weighted by Crippen LogP contribution is 2.41. The number of rotatable bonds is 3. The van der Waals surface area contributed by atoms with E-state index in [1.54, 1.807) is 0 Å². The Morgan fingerprint density at radius 2 is 1.90 bits per heavy atom. The van der Waals surface area contributed by atoms with Gasteiger partial charge in [0.25, 0.3) is 5.91 Å². The second kappa shape index (κ2) is 11.2. The Labute approximate surface area is 243 Å². The van der Waals surface area contributed by atoms with Crippen molar-refractivity contribution in [3.63, 3.8) is 0 Å². The van der Waals surface area contributed by atoms with Crippen LogP contribution in [0.4, 0.5) is 17.5 Å². The standard InChI is InChI=1S/C31H44N6O2S/c1-20-18-36(29(39)22(20)14-15-30(2,3)4)25-13-12-23-27(34-25)37-19-21(17-31(37,5)6)9-8-16-32-24-10-7-11-26(33-24)40-35-28(23)38/h7,10-13,20-22H,8-9,14-19H2,1-6H3,(H,32,33)(H,35,38). The van der Waals surface area contributed by atoms with E-state index in [0.717, 1.165) is 56.0 Å². The van der Waals surface area contributed by atoms with Gasteiger partial charge in [0.2, 0.25) is 5.91 Å². The summed E-state index contributed by atoms with van der Waals surface area (Å²) in [4.78, 5) is 41.1. The van der Waals surface area contributed by atoms with E-state index in [-0.39, 0.29) is 34.6 Å². The average molecular weight is 565 g/mol. The van der Waals surface area contributed by atoms with Gasteiger partial charge in [-0.1, -0.05) is 33.8 Å². The second-order valence-corrected chi connectivity index (χ2v) is 14.5. The van der Waals surface area contributed by atoms with Gasteiger partial charge in [-0.15, -0.1) is 0 Å². The number of pyridine rings is 2. The predicted octanol–water partition coefficient (Wildman–Crippen LogP) is 6.15. The molecule has 3 unspecified atom stereocenters. The summed E-state index contributed by atoms with van der Waals surface area (Å²) in [6, 6.07) is 9.49. The summed E-state index contributed by atoms with van der Waals surface area (Å²) in [6.45, 7) is 15.7. The fourth-order valence-electron chi connectivity index (χ4n) is 6.41. The van der Waals surface area contributed by atoms with Crippen molar-refractivity contribution < 1.29 is 9.59 Å². The van der Waals surface area contributed by atoms with Crippen LogP contribution in [0.3, 0.4) is 0 Å². The van der Waals surface area contributed by atoms with Crippen molar-refractivity contribution >= 4 is 41.2 Å². The van der Waals surface area contributed by atoms with Gasteiger partial charge in [-0.25, -0.2) is 9.97 Å². The zero-order valence-electron chi connectivity index (χ0n) is 24.8. The monoisotopic (exact) mass is 564 g/mol. The molecule has 2 aromatic heterocycles. The van der Waals surface area contributed by atoms with Gasteiger partial charge in [0.05, 0.1) is 5.56 Å². The first-order chi connectivity index (χ1) is 18.9. The number of nitrogens with one attached hydrogen (secondary N) is 2. The lowest BCUT2D eigenvalue weighted by molar-refractivity contribution is -0.121. The average Bonchev–Trinajstić information content (AvgIpc) is 3.36. The van der Waals surface area contributed by atoms with Crippen LogP contribution in [0.25, 0.3) is 0 Å². The van der Waals surface area contributed by atoms with Crippen LogP contribution in [0.1, 0.15) is 84.0 Å². The summed E-state index contributed by atoms with van der Waals surface area (Å²) in [5, 5.41) is 4.15. The molecule has 8 nitrogen and oxygen atoms in total. The van der Waals surface area contributed by atoms with Crippen LogP contribution in [-0.4, -0.2) is 47.0 Å². The Hall–Kier alpha value is -2.81. The lowest BCUT2D eigenvalue weighted by atomic mass is 9.83. The Bertz CT molecular complexity index is 1260. The second-order valence-electron chi connectivity index (χ2n) is 13.6. The Kier molecular flexibility index (Phi) is 8.06. The third-order valence-corrected chi connectivity index (χ3v) is 9.33. The molecule has 0 aliphatic carbocycles. The molecule has 2 saturated heterocycles. The number of hydrogen-bond acceptors (Lipinski definition) is 7. The third-order valence-electron chi connectivity index (χ3n) is 8.61. The lowest BCUT2D eigenvalue weighted by Gasteiger charge is -2.34. The van der Waals surface area contributed by atoms with Gasteiger partial charge < -0.3 is 10.2 Å². The molecule has 9 heteroatoms. The van der Waals surface area contributed by atoms with Gasteiger partial charge in [0, 0.05) is 43.0 Å². The first kappa shape index (κ1) is 28.7. The Morgan fingerprint density at radius 3 is 2.67 bits per heavy atom. The van der Waals surface area contributed by atoms with Crippen molar-refractivity contribution in [2.24, 2.45) is 23.2 Å². The van der Waals surface area contributed by atoms with Crippen molar-refractivity contribution in [2.75, 3.05) is 34.8 Å². The fraction of sp³-hybridized carbons (Fsp3) is 0.613. The van der Waals surface area contributed by atoms with Crippen LogP contribution in [0, 0.1) is 23.2 Å². The molecule has 0 aromatic carbocycles. The molecule has 2 amide bonds. The summed E-state index contributed by atoms with van der Waals surface area (Å²) in [5.74, 6) is 2.82. The quantitative estimate of drug-likeness (QED) is 0.432. The maximum absolute atomic E-state index is 13.6. The van der Waals surface area contributed by atoms with Gasteiger partial charge in [-0.3, -0.25) is 19.2 Å². The maximum atomic E-state index is 13.6. The molecule has 2 aromatic rings. The van der Waals surface area contributed by atoms with E-state index >= 15 is 0 Å². The van der Waals surface area contributed by atoms with E-state index in [9.17, 15) is 9.59 Å². The van der Waals surface area contributed by atoms with Crippen molar-refractivity contribution in [2.45, 2.75) is 84.2 Å². The van der Waals surface area contributed by atoms with Crippen LogP contribution < -0.4 is 19.8 Å². The highest BCUT2D eigenvalue weighted by atomic mass is 32.2. The SMILES string of the molecule is CC1CN(c2ccc3c(n2)N2CC(CCCNc4cccc(n4)SNC3=O)CC2(C)C)C(=O)C1CCC(C)(C)C. The van der Waals surface area contributed by atoms with Gasteiger partial charge in [0.1, 0.15) is 22.5 Å². The van der Waals surface area contributed by atoms with Gasteiger partial charge >= 0.3 is 0 Å². The molecule has 0 radical (unpaired) electrons. The smallest absolute Gasteiger partial charge is 0.265 e. The largest absolute Gasteiger partial charge is 0.370 e. The third kappa shape index (κ3) is 6.24. The molecule has 0 spiro atoms. The fourth-order valence-corrected chi connectivity index (χ4v) is 7.01. The first-order valence-corrected chi connectivity index (χ1v) is 15.5. The van der Waals surface area contributed by atoms with E-state index in [0.29, 0.717) is 29.7 Å². The van der Waals surface area contributed by atoms with Crippen LogP contribution in [0.5, 0.6) is 0 Å². The topological polar surface area (TPSA) is 90.5 Å².